The zero-order chi connectivity index (χ0) is 16.6. The van der Waals surface area contributed by atoms with Crippen molar-refractivity contribution in [3.05, 3.63) is 60.7 Å². The quantitative estimate of drug-likeness (QED) is 0.588. The second-order valence-corrected chi connectivity index (χ2v) is 6.53. The van der Waals surface area contributed by atoms with Gasteiger partial charge in [0, 0.05) is 48.0 Å². The highest BCUT2D eigenvalue weighted by Crippen LogP contribution is 2.34. The molecule has 0 aliphatic carbocycles. The fourth-order valence-corrected chi connectivity index (χ4v) is 3.69. The van der Waals surface area contributed by atoms with E-state index in [1.807, 2.05) is 6.07 Å². The zero-order valence-electron chi connectivity index (χ0n) is 14.0. The number of anilines is 1. The molecule has 0 bridgehead atoms. The van der Waals surface area contributed by atoms with Crippen LogP contribution in [-0.2, 0) is 0 Å². The molecule has 1 saturated heterocycles. The van der Waals surface area contributed by atoms with Gasteiger partial charge in [0.15, 0.2) is 5.82 Å². The number of pyridine rings is 1. The monoisotopic (exact) mass is 328 g/mol. The van der Waals surface area contributed by atoms with Gasteiger partial charge in [0.1, 0.15) is 0 Å². The van der Waals surface area contributed by atoms with E-state index in [1.165, 1.54) is 16.3 Å². The van der Waals surface area contributed by atoms with Gasteiger partial charge in [-0.05, 0) is 12.1 Å². The smallest absolute Gasteiger partial charge is 0.153 e. The van der Waals surface area contributed by atoms with E-state index in [4.69, 9.17) is 4.98 Å². The molecule has 4 nitrogen and oxygen atoms in total. The van der Waals surface area contributed by atoms with Crippen LogP contribution in [0.5, 0.6) is 0 Å². The standard InChI is InChI=1S/C21H20N4/c1-2-6-15(7-3-1)19-14-17-16-8-4-5-9-18(16)23-20(17)21(24-19)25-12-10-22-11-13-25/h1-9,14,22-23H,10-13H2. The van der Waals surface area contributed by atoms with E-state index < -0.39 is 0 Å². The number of piperazine rings is 1. The predicted octanol–water partition coefficient (Wildman–Crippen LogP) is 3.79. The lowest BCUT2D eigenvalue weighted by Crippen LogP contribution is -2.44. The number of nitrogens with zero attached hydrogens (tertiary/aromatic N) is 2. The van der Waals surface area contributed by atoms with Gasteiger partial charge in [0.05, 0.1) is 11.2 Å². The Bertz CT molecular complexity index is 1030. The zero-order valence-corrected chi connectivity index (χ0v) is 14.0. The number of rotatable bonds is 2. The summed E-state index contributed by atoms with van der Waals surface area (Å²) >= 11 is 0. The third-order valence-corrected chi connectivity index (χ3v) is 4.96. The summed E-state index contributed by atoms with van der Waals surface area (Å²) in [6, 6.07) is 21.2. The normalized spacial score (nSPS) is 15.1. The third-order valence-electron chi connectivity index (χ3n) is 4.96. The Morgan fingerprint density at radius 3 is 2.44 bits per heavy atom. The van der Waals surface area contributed by atoms with Crippen LogP contribution in [0.1, 0.15) is 0 Å². The Balaban J connectivity index is 1.80. The van der Waals surface area contributed by atoms with Crippen LogP contribution in [0.4, 0.5) is 5.82 Å². The lowest BCUT2D eigenvalue weighted by Gasteiger charge is -2.29. The second kappa shape index (κ2) is 5.90. The van der Waals surface area contributed by atoms with Crippen LogP contribution in [0.3, 0.4) is 0 Å². The fraction of sp³-hybridized carbons (Fsp3) is 0.190. The summed E-state index contributed by atoms with van der Waals surface area (Å²) < 4.78 is 0. The van der Waals surface area contributed by atoms with Crippen molar-refractivity contribution >= 4 is 27.6 Å². The highest BCUT2D eigenvalue weighted by atomic mass is 15.2. The summed E-state index contributed by atoms with van der Waals surface area (Å²) in [5, 5.41) is 5.93. The summed E-state index contributed by atoms with van der Waals surface area (Å²) in [6.45, 7) is 3.96. The molecular weight excluding hydrogens is 308 g/mol. The van der Waals surface area contributed by atoms with Crippen LogP contribution in [0.25, 0.3) is 33.1 Å². The van der Waals surface area contributed by atoms with Crippen LogP contribution in [0, 0.1) is 0 Å². The average Bonchev–Trinajstić information content (AvgIpc) is 3.07. The second-order valence-electron chi connectivity index (χ2n) is 6.53. The van der Waals surface area contributed by atoms with Gasteiger partial charge in [-0.25, -0.2) is 4.98 Å². The molecule has 2 aromatic heterocycles. The number of hydrogen-bond donors (Lipinski definition) is 2. The summed E-state index contributed by atoms with van der Waals surface area (Å²) in [6.07, 6.45) is 0. The summed E-state index contributed by atoms with van der Waals surface area (Å²) in [5.74, 6) is 1.06. The van der Waals surface area contributed by atoms with Crippen molar-refractivity contribution in [2.24, 2.45) is 0 Å². The molecule has 0 amide bonds. The van der Waals surface area contributed by atoms with E-state index in [9.17, 15) is 0 Å². The molecular formula is C21H20N4. The van der Waals surface area contributed by atoms with Crippen LogP contribution >= 0.6 is 0 Å². The molecule has 4 heteroatoms. The number of aromatic amines is 1. The average molecular weight is 328 g/mol. The van der Waals surface area contributed by atoms with Crippen molar-refractivity contribution < 1.29 is 0 Å². The van der Waals surface area contributed by atoms with E-state index in [1.54, 1.807) is 0 Å². The van der Waals surface area contributed by atoms with Gasteiger partial charge in [0.2, 0.25) is 0 Å². The summed E-state index contributed by atoms with van der Waals surface area (Å²) in [7, 11) is 0. The highest BCUT2D eigenvalue weighted by Gasteiger charge is 2.19. The fourth-order valence-electron chi connectivity index (χ4n) is 3.69. The third kappa shape index (κ3) is 2.46. The number of nitrogens with one attached hydrogen (secondary N) is 2. The minimum atomic E-state index is 0.982. The van der Waals surface area contributed by atoms with E-state index in [0.717, 1.165) is 48.8 Å². The lowest BCUT2D eigenvalue weighted by atomic mass is 10.1. The maximum absolute atomic E-state index is 5.06. The highest BCUT2D eigenvalue weighted by molar-refractivity contribution is 6.11. The molecule has 1 aliphatic heterocycles. The molecule has 2 aromatic carbocycles. The molecule has 0 saturated carbocycles. The van der Waals surface area contributed by atoms with Crippen molar-refractivity contribution in [2.45, 2.75) is 0 Å². The molecule has 0 radical (unpaired) electrons. The van der Waals surface area contributed by atoms with Crippen molar-refractivity contribution in [1.82, 2.24) is 15.3 Å². The van der Waals surface area contributed by atoms with Crippen LogP contribution in [0.15, 0.2) is 60.7 Å². The molecule has 25 heavy (non-hydrogen) atoms. The van der Waals surface area contributed by atoms with Crippen molar-refractivity contribution in [1.29, 1.82) is 0 Å². The Morgan fingerprint density at radius 1 is 0.840 bits per heavy atom. The van der Waals surface area contributed by atoms with Crippen molar-refractivity contribution in [2.75, 3.05) is 31.1 Å². The van der Waals surface area contributed by atoms with E-state index in [-0.39, 0.29) is 0 Å². The Kier molecular flexibility index (Phi) is 3.42. The lowest BCUT2D eigenvalue weighted by molar-refractivity contribution is 0.586. The number of benzene rings is 2. The number of fused-ring (bicyclic) bond motifs is 3. The van der Waals surface area contributed by atoms with Gasteiger partial charge in [-0.3, -0.25) is 0 Å². The van der Waals surface area contributed by atoms with Crippen molar-refractivity contribution in [3.8, 4) is 11.3 Å². The van der Waals surface area contributed by atoms with E-state index >= 15 is 0 Å². The molecule has 5 rings (SSSR count). The van der Waals surface area contributed by atoms with E-state index in [0.29, 0.717) is 0 Å². The van der Waals surface area contributed by atoms with Crippen LogP contribution in [0.2, 0.25) is 0 Å². The van der Waals surface area contributed by atoms with Gasteiger partial charge >= 0.3 is 0 Å². The molecule has 2 N–H and O–H groups in total. The van der Waals surface area contributed by atoms with Gasteiger partial charge < -0.3 is 15.2 Å². The Hall–Kier alpha value is -2.85. The number of H-pyrrole nitrogens is 1. The molecule has 4 aromatic rings. The molecule has 1 fully saturated rings. The first-order chi connectivity index (χ1) is 12.4. The number of hydrogen-bond acceptors (Lipinski definition) is 3. The summed E-state index contributed by atoms with van der Waals surface area (Å²) in [4.78, 5) is 11.0. The van der Waals surface area contributed by atoms with Crippen molar-refractivity contribution in [3.63, 3.8) is 0 Å². The molecule has 1 aliphatic rings. The summed E-state index contributed by atoms with van der Waals surface area (Å²) in [5.41, 5.74) is 4.50. The van der Waals surface area contributed by atoms with E-state index in [2.05, 4.69) is 69.8 Å². The topological polar surface area (TPSA) is 44.0 Å². The number of para-hydroxylation sites is 1. The Morgan fingerprint density at radius 2 is 1.60 bits per heavy atom. The minimum absolute atomic E-state index is 0.982. The first-order valence-corrected chi connectivity index (χ1v) is 8.83. The maximum atomic E-state index is 5.06. The largest absolute Gasteiger partial charge is 0.352 e. The molecule has 3 heterocycles. The SMILES string of the molecule is c1ccc(-c2cc3c([nH]c4ccccc43)c(N3CCNCC3)n2)cc1. The molecule has 0 spiro atoms. The predicted molar refractivity (Wildman–Crippen MR) is 104 cm³/mol. The van der Waals surface area contributed by atoms with Crippen LogP contribution < -0.4 is 10.2 Å². The first-order valence-electron chi connectivity index (χ1n) is 8.83. The first kappa shape index (κ1) is 14.5. The van der Waals surface area contributed by atoms with Crippen LogP contribution in [-0.4, -0.2) is 36.1 Å². The van der Waals surface area contributed by atoms with Gasteiger partial charge in [-0.1, -0.05) is 48.5 Å². The van der Waals surface area contributed by atoms with Gasteiger partial charge in [-0.15, -0.1) is 0 Å². The minimum Gasteiger partial charge on any atom is -0.352 e. The molecule has 0 unspecified atom stereocenters. The maximum Gasteiger partial charge on any atom is 0.153 e. The van der Waals surface area contributed by atoms with Gasteiger partial charge in [0.25, 0.3) is 0 Å². The Labute approximate surface area is 146 Å². The number of aromatic nitrogens is 2. The molecule has 124 valence electrons. The molecule has 0 atom stereocenters. The van der Waals surface area contributed by atoms with Gasteiger partial charge in [-0.2, -0.15) is 0 Å².